The number of aromatic nitrogens is 1. The summed E-state index contributed by atoms with van der Waals surface area (Å²) in [7, 11) is 0. The summed E-state index contributed by atoms with van der Waals surface area (Å²) >= 11 is 0. The molecule has 1 amide bonds. The number of likely N-dealkylation sites (tertiary alicyclic amines) is 1. The Labute approximate surface area is 112 Å². The van der Waals surface area contributed by atoms with Crippen molar-refractivity contribution in [3.63, 3.8) is 0 Å². The average Bonchev–Trinajstić information content (AvgIpc) is 2.38. The second-order valence-corrected chi connectivity index (χ2v) is 4.98. The minimum Gasteiger partial charge on any atom is -0.478 e. The number of carboxylic acid groups (broad SMARTS) is 1. The summed E-state index contributed by atoms with van der Waals surface area (Å²) in [5.74, 6) is -1.12. The first-order valence-electron chi connectivity index (χ1n) is 6.52. The maximum absolute atomic E-state index is 12.4. The molecule has 5 nitrogen and oxygen atoms in total. The molecule has 2 heterocycles. The Morgan fingerprint density at radius 2 is 2.11 bits per heavy atom. The van der Waals surface area contributed by atoms with Crippen LogP contribution in [0.3, 0.4) is 0 Å². The number of pyridine rings is 1. The number of piperidine rings is 1. The molecular formula is C14H18N2O3. The molecule has 19 heavy (non-hydrogen) atoms. The first-order chi connectivity index (χ1) is 9.00. The van der Waals surface area contributed by atoms with E-state index in [1.165, 1.54) is 12.1 Å². The number of carboxylic acids is 1. The maximum atomic E-state index is 12.4. The maximum Gasteiger partial charge on any atom is 0.337 e. The number of hydrogen-bond donors (Lipinski definition) is 1. The molecule has 1 fully saturated rings. The molecule has 1 aromatic rings. The van der Waals surface area contributed by atoms with Crippen molar-refractivity contribution in [3.8, 4) is 0 Å². The summed E-state index contributed by atoms with van der Waals surface area (Å²) in [5.41, 5.74) is 0.850. The Kier molecular flexibility index (Phi) is 3.83. The highest BCUT2D eigenvalue weighted by atomic mass is 16.4. The third-order valence-corrected chi connectivity index (χ3v) is 3.60. The molecule has 1 unspecified atom stereocenters. The van der Waals surface area contributed by atoms with Gasteiger partial charge in [-0.3, -0.25) is 4.79 Å². The lowest BCUT2D eigenvalue weighted by Gasteiger charge is -2.33. The first kappa shape index (κ1) is 13.5. The lowest BCUT2D eigenvalue weighted by atomic mass is 10.0. The molecule has 0 radical (unpaired) electrons. The average molecular weight is 262 g/mol. The fraction of sp³-hybridized carbons (Fsp3) is 0.500. The molecule has 0 aliphatic carbocycles. The van der Waals surface area contributed by atoms with Crippen molar-refractivity contribution in [2.75, 3.05) is 6.54 Å². The number of aryl methyl sites for hydroxylation is 1. The summed E-state index contributed by atoms with van der Waals surface area (Å²) in [6.07, 6.45) is 3.18. The molecule has 5 heteroatoms. The second-order valence-electron chi connectivity index (χ2n) is 4.98. The number of carbonyl (C=O) groups is 2. The Morgan fingerprint density at radius 3 is 2.68 bits per heavy atom. The Morgan fingerprint density at radius 1 is 1.37 bits per heavy atom. The molecule has 0 bridgehead atoms. The highest BCUT2D eigenvalue weighted by Gasteiger charge is 2.25. The predicted molar refractivity (Wildman–Crippen MR) is 70.3 cm³/mol. The van der Waals surface area contributed by atoms with Crippen molar-refractivity contribution in [1.82, 2.24) is 9.88 Å². The molecule has 1 saturated heterocycles. The van der Waals surface area contributed by atoms with E-state index in [4.69, 9.17) is 5.11 Å². The summed E-state index contributed by atoms with van der Waals surface area (Å²) in [6, 6.07) is 3.18. The molecular weight excluding hydrogens is 244 g/mol. The van der Waals surface area contributed by atoms with Crippen molar-refractivity contribution in [2.24, 2.45) is 0 Å². The molecule has 1 aliphatic heterocycles. The lowest BCUT2D eigenvalue weighted by molar-refractivity contribution is 0.0625. The first-order valence-corrected chi connectivity index (χ1v) is 6.52. The zero-order valence-corrected chi connectivity index (χ0v) is 11.2. The molecule has 1 aromatic heterocycles. The van der Waals surface area contributed by atoms with E-state index in [-0.39, 0.29) is 17.5 Å². The monoisotopic (exact) mass is 262 g/mol. The topological polar surface area (TPSA) is 70.5 Å². The number of carbonyl (C=O) groups excluding carboxylic acids is 1. The van der Waals surface area contributed by atoms with Gasteiger partial charge in [0.05, 0.1) is 11.3 Å². The van der Waals surface area contributed by atoms with E-state index in [1.807, 2.05) is 11.8 Å². The minimum absolute atomic E-state index is 0.104. The normalized spacial score (nSPS) is 19.3. The van der Waals surface area contributed by atoms with Crippen LogP contribution in [0.15, 0.2) is 12.1 Å². The van der Waals surface area contributed by atoms with E-state index in [0.29, 0.717) is 11.4 Å². The predicted octanol–water partition coefficient (Wildman–Crippen LogP) is 2.10. The standard InChI is InChI=1S/C14H18N2O3/c1-9-5-3-4-8-16(9)13(17)12-7-6-11(14(18)19)10(2)15-12/h6-7,9H,3-5,8H2,1-2H3,(H,18,19). The second kappa shape index (κ2) is 5.38. The Hall–Kier alpha value is -1.91. The molecule has 0 saturated carbocycles. The van der Waals surface area contributed by atoms with Crippen molar-refractivity contribution >= 4 is 11.9 Å². The van der Waals surface area contributed by atoms with Gasteiger partial charge in [0.2, 0.25) is 0 Å². The van der Waals surface area contributed by atoms with E-state index in [1.54, 1.807) is 6.92 Å². The van der Waals surface area contributed by atoms with Crippen LogP contribution in [0.5, 0.6) is 0 Å². The van der Waals surface area contributed by atoms with Crippen molar-refractivity contribution in [2.45, 2.75) is 39.2 Å². The van der Waals surface area contributed by atoms with Gasteiger partial charge in [-0.2, -0.15) is 0 Å². The molecule has 1 aliphatic rings. The number of hydrogen-bond acceptors (Lipinski definition) is 3. The van der Waals surface area contributed by atoms with E-state index < -0.39 is 5.97 Å². The quantitative estimate of drug-likeness (QED) is 0.886. The van der Waals surface area contributed by atoms with Crippen LogP contribution in [0.1, 0.15) is 52.7 Å². The van der Waals surface area contributed by atoms with E-state index in [0.717, 1.165) is 25.8 Å². The van der Waals surface area contributed by atoms with Crippen molar-refractivity contribution < 1.29 is 14.7 Å². The van der Waals surface area contributed by atoms with Crippen LogP contribution in [-0.4, -0.2) is 39.5 Å². The van der Waals surface area contributed by atoms with E-state index in [2.05, 4.69) is 4.98 Å². The van der Waals surface area contributed by atoms with E-state index in [9.17, 15) is 9.59 Å². The zero-order chi connectivity index (χ0) is 14.0. The van der Waals surface area contributed by atoms with Crippen LogP contribution < -0.4 is 0 Å². The molecule has 102 valence electrons. The van der Waals surface area contributed by atoms with Crippen LogP contribution in [-0.2, 0) is 0 Å². The Bertz CT molecular complexity index is 513. The van der Waals surface area contributed by atoms with Gasteiger partial charge in [0, 0.05) is 12.6 Å². The van der Waals surface area contributed by atoms with Gasteiger partial charge in [-0.1, -0.05) is 0 Å². The van der Waals surface area contributed by atoms with Crippen LogP contribution in [0.4, 0.5) is 0 Å². The molecule has 2 rings (SSSR count). The van der Waals surface area contributed by atoms with Crippen molar-refractivity contribution in [3.05, 3.63) is 29.1 Å². The molecule has 0 aromatic carbocycles. The highest BCUT2D eigenvalue weighted by molar-refractivity contribution is 5.94. The van der Waals surface area contributed by atoms with Gasteiger partial charge in [-0.05, 0) is 45.2 Å². The van der Waals surface area contributed by atoms with Gasteiger partial charge >= 0.3 is 5.97 Å². The third kappa shape index (κ3) is 2.75. The van der Waals surface area contributed by atoms with Gasteiger partial charge in [0.25, 0.3) is 5.91 Å². The lowest BCUT2D eigenvalue weighted by Crippen LogP contribution is -2.42. The van der Waals surface area contributed by atoms with Gasteiger partial charge in [-0.25, -0.2) is 9.78 Å². The van der Waals surface area contributed by atoms with Crippen LogP contribution in [0.25, 0.3) is 0 Å². The molecule has 1 atom stereocenters. The van der Waals surface area contributed by atoms with Crippen LogP contribution in [0.2, 0.25) is 0 Å². The third-order valence-electron chi connectivity index (χ3n) is 3.60. The molecule has 1 N–H and O–H groups in total. The van der Waals surface area contributed by atoms with Gasteiger partial charge in [0.1, 0.15) is 5.69 Å². The largest absolute Gasteiger partial charge is 0.478 e. The van der Waals surface area contributed by atoms with E-state index >= 15 is 0 Å². The number of nitrogens with zero attached hydrogens (tertiary/aromatic N) is 2. The number of amides is 1. The van der Waals surface area contributed by atoms with Crippen LogP contribution >= 0.6 is 0 Å². The Balaban J connectivity index is 2.24. The number of aromatic carboxylic acids is 1. The zero-order valence-electron chi connectivity index (χ0n) is 11.2. The SMILES string of the molecule is Cc1nc(C(=O)N2CCCCC2C)ccc1C(=O)O. The smallest absolute Gasteiger partial charge is 0.337 e. The van der Waals surface area contributed by atoms with Gasteiger partial charge in [-0.15, -0.1) is 0 Å². The summed E-state index contributed by atoms with van der Waals surface area (Å²) in [4.78, 5) is 29.2. The number of rotatable bonds is 2. The highest BCUT2D eigenvalue weighted by Crippen LogP contribution is 2.19. The molecule has 0 spiro atoms. The summed E-state index contributed by atoms with van der Waals surface area (Å²) in [5, 5.41) is 8.95. The minimum atomic E-state index is -1.02. The fourth-order valence-corrected chi connectivity index (χ4v) is 2.45. The summed E-state index contributed by atoms with van der Waals surface area (Å²) in [6.45, 7) is 4.40. The van der Waals surface area contributed by atoms with Crippen molar-refractivity contribution in [1.29, 1.82) is 0 Å². The van der Waals surface area contributed by atoms with Gasteiger partial charge in [0.15, 0.2) is 0 Å². The summed E-state index contributed by atoms with van der Waals surface area (Å²) < 4.78 is 0. The van der Waals surface area contributed by atoms with Gasteiger partial charge < -0.3 is 10.0 Å². The van der Waals surface area contributed by atoms with Crippen LogP contribution in [0, 0.1) is 6.92 Å². The fourth-order valence-electron chi connectivity index (χ4n) is 2.45.